The molecule has 0 aliphatic carbocycles. The number of aliphatic carboxylic acids is 1. The summed E-state index contributed by atoms with van der Waals surface area (Å²) >= 11 is 0. The lowest BCUT2D eigenvalue weighted by molar-refractivity contribution is -0.298. The van der Waals surface area contributed by atoms with Crippen LogP contribution >= 0.6 is 0 Å². The van der Waals surface area contributed by atoms with Crippen LogP contribution in [0.5, 0.6) is 0 Å². The van der Waals surface area contributed by atoms with Crippen molar-refractivity contribution in [1.82, 2.24) is 0 Å². The molecule has 0 spiro atoms. The molecule has 1 heterocycles. The van der Waals surface area contributed by atoms with Crippen LogP contribution in [0.15, 0.2) is 97.2 Å². The second-order valence-electron chi connectivity index (χ2n) is 16.9. The van der Waals surface area contributed by atoms with Crippen molar-refractivity contribution in [2.75, 3.05) is 13.2 Å². The quantitative estimate of drug-likeness (QED) is 0.0261. The monoisotopic (exact) mass is 925 g/mol. The number of aliphatic hydroxyl groups excluding tert-OH is 3. The maximum absolute atomic E-state index is 12.8. The Labute approximate surface area is 398 Å². The second-order valence-corrected chi connectivity index (χ2v) is 16.9. The molecule has 1 fully saturated rings. The van der Waals surface area contributed by atoms with Gasteiger partial charge in [0.05, 0.1) is 6.61 Å². The van der Waals surface area contributed by atoms with Gasteiger partial charge in [0.15, 0.2) is 18.5 Å². The first kappa shape index (κ1) is 60.1. The third-order valence-corrected chi connectivity index (χ3v) is 10.9. The predicted octanol–water partition coefficient (Wildman–Crippen LogP) is 12.0. The van der Waals surface area contributed by atoms with E-state index in [4.69, 9.17) is 18.9 Å². The summed E-state index contributed by atoms with van der Waals surface area (Å²) in [7, 11) is 0. The van der Waals surface area contributed by atoms with E-state index in [0.717, 1.165) is 103 Å². The van der Waals surface area contributed by atoms with Gasteiger partial charge in [0.1, 0.15) is 24.9 Å². The fourth-order valence-electron chi connectivity index (χ4n) is 7.04. The van der Waals surface area contributed by atoms with Crippen LogP contribution in [0, 0.1) is 0 Å². The molecule has 0 aromatic heterocycles. The molecular formula is C55H88O11. The van der Waals surface area contributed by atoms with Crippen molar-refractivity contribution in [3.8, 4) is 0 Å². The molecule has 11 nitrogen and oxygen atoms in total. The molecule has 1 rings (SSSR count). The molecule has 0 aromatic carbocycles. The molecule has 6 atom stereocenters. The van der Waals surface area contributed by atoms with E-state index in [1.807, 2.05) is 0 Å². The van der Waals surface area contributed by atoms with Crippen molar-refractivity contribution < 1.29 is 53.8 Å². The molecule has 0 saturated carbocycles. The number of hydrogen-bond donors (Lipinski definition) is 4. The average molecular weight is 925 g/mol. The summed E-state index contributed by atoms with van der Waals surface area (Å²) in [6.45, 7) is 3.57. The minimum Gasteiger partial charge on any atom is -0.479 e. The Kier molecular flexibility index (Phi) is 39.8. The number of unbranched alkanes of at least 4 members (excludes halogenated alkanes) is 14. The maximum atomic E-state index is 12.8. The highest BCUT2D eigenvalue weighted by atomic mass is 16.7. The van der Waals surface area contributed by atoms with Crippen molar-refractivity contribution in [2.24, 2.45) is 0 Å². The zero-order valence-corrected chi connectivity index (χ0v) is 40.6. The van der Waals surface area contributed by atoms with Crippen LogP contribution in [0.4, 0.5) is 0 Å². The number of carboxylic acids is 1. The number of hydrogen-bond acceptors (Lipinski definition) is 10. The van der Waals surface area contributed by atoms with E-state index in [9.17, 15) is 34.8 Å². The summed E-state index contributed by atoms with van der Waals surface area (Å²) < 4.78 is 21.8. The molecular weight excluding hydrogens is 837 g/mol. The Hall–Kier alpha value is -3.87. The third-order valence-electron chi connectivity index (χ3n) is 10.9. The summed E-state index contributed by atoms with van der Waals surface area (Å²) in [5.74, 6) is -2.49. The third kappa shape index (κ3) is 34.4. The lowest BCUT2D eigenvalue weighted by Crippen LogP contribution is -2.60. The van der Waals surface area contributed by atoms with Gasteiger partial charge in [-0.2, -0.15) is 0 Å². The highest BCUT2D eigenvalue weighted by Gasteiger charge is 2.47. The van der Waals surface area contributed by atoms with Crippen LogP contribution in [0.1, 0.15) is 181 Å². The Morgan fingerprint density at radius 1 is 0.470 bits per heavy atom. The summed E-state index contributed by atoms with van der Waals surface area (Å²) in [6, 6.07) is 0. The number of carboxylic acid groups (broad SMARTS) is 1. The van der Waals surface area contributed by atoms with Gasteiger partial charge in [0.25, 0.3) is 0 Å². The second kappa shape index (κ2) is 43.7. The first-order chi connectivity index (χ1) is 32.2. The summed E-state index contributed by atoms with van der Waals surface area (Å²) in [5.41, 5.74) is 0. The molecule has 6 unspecified atom stereocenters. The number of carbonyl (C=O) groups is 3. The van der Waals surface area contributed by atoms with E-state index in [2.05, 4.69) is 111 Å². The van der Waals surface area contributed by atoms with E-state index in [1.165, 1.54) is 38.5 Å². The minimum absolute atomic E-state index is 0.148. The molecule has 11 heteroatoms. The number of ether oxygens (including phenoxy) is 4. The van der Waals surface area contributed by atoms with Gasteiger partial charge >= 0.3 is 17.9 Å². The van der Waals surface area contributed by atoms with Gasteiger partial charge in [0, 0.05) is 12.8 Å². The molecule has 0 radical (unpaired) electrons. The van der Waals surface area contributed by atoms with E-state index < -0.39 is 61.3 Å². The largest absolute Gasteiger partial charge is 0.479 e. The van der Waals surface area contributed by atoms with Gasteiger partial charge in [-0.05, 0) is 89.9 Å². The van der Waals surface area contributed by atoms with Gasteiger partial charge in [-0.15, -0.1) is 0 Å². The van der Waals surface area contributed by atoms with Crippen LogP contribution in [-0.4, -0.2) is 88.4 Å². The Morgan fingerprint density at radius 3 is 1.27 bits per heavy atom. The highest BCUT2D eigenvalue weighted by molar-refractivity contribution is 5.73. The number of carbonyl (C=O) groups excluding carboxylic acids is 2. The minimum atomic E-state index is -1.87. The number of aliphatic hydroxyl groups is 3. The molecule has 0 bridgehead atoms. The maximum Gasteiger partial charge on any atom is 0.335 e. The van der Waals surface area contributed by atoms with Crippen molar-refractivity contribution in [1.29, 1.82) is 0 Å². The van der Waals surface area contributed by atoms with Crippen molar-refractivity contribution in [2.45, 2.75) is 218 Å². The Balaban J connectivity index is 2.32. The molecule has 66 heavy (non-hydrogen) atoms. The number of allylic oxidation sites excluding steroid dienone is 16. The van der Waals surface area contributed by atoms with Crippen molar-refractivity contribution >= 4 is 17.9 Å². The summed E-state index contributed by atoms with van der Waals surface area (Å²) in [4.78, 5) is 37.0. The number of esters is 2. The average Bonchev–Trinajstić information content (AvgIpc) is 3.30. The SMILES string of the molecule is CC/C=C\C/C=C\C/C=C\C/C=C\CCCCCCCCCCCCC(=O)OCC(COC1OC(C(=O)O)C(O)C(O)C1O)OC(=O)CCCCCC/C=C\C/C=C\C/C=C\C/C=C\CC. The topological polar surface area (TPSA) is 169 Å². The van der Waals surface area contributed by atoms with Gasteiger partial charge in [-0.25, -0.2) is 4.79 Å². The van der Waals surface area contributed by atoms with Crippen molar-refractivity contribution in [3.63, 3.8) is 0 Å². The zero-order chi connectivity index (χ0) is 48.1. The lowest BCUT2D eigenvalue weighted by atomic mass is 9.99. The molecule has 1 aliphatic heterocycles. The Bertz CT molecular complexity index is 1460. The van der Waals surface area contributed by atoms with E-state index in [0.29, 0.717) is 12.8 Å². The molecule has 0 amide bonds. The molecule has 1 saturated heterocycles. The zero-order valence-electron chi connectivity index (χ0n) is 40.6. The normalized spacial score (nSPS) is 19.9. The molecule has 4 N–H and O–H groups in total. The molecule has 0 aromatic rings. The summed E-state index contributed by atoms with van der Waals surface area (Å²) in [5, 5.41) is 39.9. The number of rotatable bonds is 41. The fraction of sp³-hybridized carbons (Fsp3) is 0.655. The van der Waals surface area contributed by atoms with Gasteiger partial charge in [0.2, 0.25) is 0 Å². The van der Waals surface area contributed by atoms with Crippen molar-refractivity contribution in [3.05, 3.63) is 97.2 Å². The summed E-state index contributed by atoms with van der Waals surface area (Å²) in [6.07, 6.45) is 50.2. The smallest absolute Gasteiger partial charge is 0.335 e. The first-order valence-electron chi connectivity index (χ1n) is 25.3. The molecule has 374 valence electrons. The first-order valence-corrected chi connectivity index (χ1v) is 25.3. The van der Waals surface area contributed by atoms with Gasteiger partial charge in [-0.1, -0.05) is 175 Å². The Morgan fingerprint density at radius 2 is 0.848 bits per heavy atom. The van der Waals surface area contributed by atoms with Crippen LogP contribution in [0.25, 0.3) is 0 Å². The van der Waals surface area contributed by atoms with Crippen LogP contribution in [-0.2, 0) is 33.3 Å². The van der Waals surface area contributed by atoms with E-state index in [1.54, 1.807) is 0 Å². The van der Waals surface area contributed by atoms with E-state index >= 15 is 0 Å². The van der Waals surface area contributed by atoms with Gasteiger partial charge in [-0.3, -0.25) is 9.59 Å². The van der Waals surface area contributed by atoms with Gasteiger partial charge < -0.3 is 39.4 Å². The highest BCUT2D eigenvalue weighted by Crippen LogP contribution is 2.23. The lowest BCUT2D eigenvalue weighted by Gasteiger charge is -2.38. The fourth-order valence-corrected chi connectivity index (χ4v) is 7.04. The standard InChI is InChI=1S/C55H88O11/c1-3-5-7-9-11-13-15-17-19-21-22-23-24-25-26-28-29-31-33-35-37-39-41-43-48(56)63-45-47(46-64-55-52(60)50(58)51(59)53(66-55)54(61)62)65-49(57)44-42-40-38-36-34-32-30-27-20-18-16-14-12-10-8-6-4-2/h5-8,11-14,17-20,22-23,30,32,47,50-53,55,58-60H,3-4,9-10,15-16,21,24-29,31,33-46H2,1-2H3,(H,61,62)/b7-5-,8-6-,13-11-,14-12-,19-17-,20-18-,23-22-,32-30-. The van der Waals surface area contributed by atoms with Crippen LogP contribution in [0.3, 0.4) is 0 Å². The molecule has 1 aliphatic rings. The van der Waals surface area contributed by atoms with Crippen LogP contribution in [0.2, 0.25) is 0 Å². The van der Waals surface area contributed by atoms with Crippen LogP contribution < -0.4 is 0 Å². The predicted molar refractivity (Wildman–Crippen MR) is 266 cm³/mol. The van der Waals surface area contributed by atoms with E-state index in [-0.39, 0.29) is 19.4 Å².